The van der Waals surface area contributed by atoms with Crippen molar-refractivity contribution in [2.24, 2.45) is 5.73 Å². The summed E-state index contributed by atoms with van der Waals surface area (Å²) >= 11 is 0. The number of carbonyl (C=O) groups is 2. The quantitative estimate of drug-likeness (QED) is 0.693. The Morgan fingerprint density at radius 1 is 1.59 bits per heavy atom. The first kappa shape index (κ1) is 11.4. The van der Waals surface area contributed by atoms with Crippen LogP contribution in [0.15, 0.2) is 18.2 Å². The van der Waals surface area contributed by atoms with Crippen LogP contribution in [0.5, 0.6) is 5.75 Å². The van der Waals surface area contributed by atoms with Crippen LogP contribution in [0.3, 0.4) is 0 Å². The Labute approximate surface area is 97.4 Å². The molecular weight excluding hydrogens is 224 g/mol. The molecule has 17 heavy (non-hydrogen) atoms. The summed E-state index contributed by atoms with van der Waals surface area (Å²) in [7, 11) is 0. The van der Waals surface area contributed by atoms with E-state index in [-0.39, 0.29) is 5.91 Å². The summed E-state index contributed by atoms with van der Waals surface area (Å²) in [6.07, 6.45) is -0.554. The van der Waals surface area contributed by atoms with Gasteiger partial charge >= 0.3 is 5.97 Å². The second kappa shape index (κ2) is 4.06. The zero-order chi connectivity index (χ0) is 12.6. The molecule has 1 aliphatic heterocycles. The predicted octanol–water partition coefficient (Wildman–Crippen LogP) is 0.490. The number of ether oxygens (including phenoxy) is 1. The van der Waals surface area contributed by atoms with Crippen molar-refractivity contribution in [3.8, 4) is 5.75 Å². The zero-order valence-corrected chi connectivity index (χ0v) is 9.14. The van der Waals surface area contributed by atoms with Gasteiger partial charge in [-0.25, -0.2) is 0 Å². The van der Waals surface area contributed by atoms with Crippen molar-refractivity contribution in [2.75, 3.05) is 5.32 Å². The fourth-order valence-corrected chi connectivity index (χ4v) is 1.56. The number of anilines is 1. The summed E-state index contributed by atoms with van der Waals surface area (Å²) < 4.78 is 5.34. The van der Waals surface area contributed by atoms with Gasteiger partial charge in [0.05, 0.1) is 5.69 Å². The SMILES string of the molecule is CC1Oc2ccc(C(N)C(=O)O)cc2NC1=O. The number of aliphatic carboxylic acids is 1. The number of carbonyl (C=O) groups excluding carboxylic acids is 1. The Hall–Kier alpha value is -2.08. The summed E-state index contributed by atoms with van der Waals surface area (Å²) in [6, 6.07) is 3.57. The van der Waals surface area contributed by atoms with Crippen molar-refractivity contribution in [1.82, 2.24) is 0 Å². The fraction of sp³-hybridized carbons (Fsp3) is 0.273. The minimum Gasteiger partial charge on any atom is -0.480 e. The van der Waals surface area contributed by atoms with Crippen molar-refractivity contribution in [3.63, 3.8) is 0 Å². The molecule has 0 saturated heterocycles. The summed E-state index contributed by atoms with van der Waals surface area (Å²) in [5.41, 5.74) is 6.34. The second-order valence-electron chi connectivity index (χ2n) is 3.82. The van der Waals surface area contributed by atoms with E-state index in [0.717, 1.165) is 0 Å². The van der Waals surface area contributed by atoms with Gasteiger partial charge in [0.2, 0.25) is 0 Å². The standard InChI is InChI=1S/C11H12N2O4/c1-5-10(14)13-7-4-6(9(12)11(15)16)2-3-8(7)17-5/h2-5,9H,12H2,1H3,(H,13,14)(H,15,16). The maximum absolute atomic E-state index is 11.4. The number of carboxylic acid groups (broad SMARTS) is 1. The van der Waals surface area contributed by atoms with Gasteiger partial charge in [0.25, 0.3) is 5.91 Å². The number of fused-ring (bicyclic) bond motifs is 1. The molecule has 4 N–H and O–H groups in total. The molecule has 1 aromatic rings. The van der Waals surface area contributed by atoms with Crippen LogP contribution in [0.2, 0.25) is 0 Å². The Bertz CT molecular complexity index is 486. The van der Waals surface area contributed by atoms with Crippen LogP contribution in [-0.2, 0) is 9.59 Å². The molecule has 0 saturated carbocycles. The van der Waals surface area contributed by atoms with E-state index < -0.39 is 18.1 Å². The first-order valence-electron chi connectivity index (χ1n) is 5.09. The molecule has 6 heteroatoms. The molecule has 1 aromatic carbocycles. The van der Waals surface area contributed by atoms with E-state index in [4.69, 9.17) is 15.6 Å². The number of nitrogens with two attached hydrogens (primary N) is 1. The maximum atomic E-state index is 11.4. The lowest BCUT2D eigenvalue weighted by molar-refractivity contribution is -0.138. The van der Waals surface area contributed by atoms with E-state index in [1.807, 2.05) is 0 Å². The summed E-state index contributed by atoms with van der Waals surface area (Å²) in [5, 5.41) is 11.4. The monoisotopic (exact) mass is 236 g/mol. The highest BCUT2D eigenvalue weighted by Gasteiger charge is 2.25. The highest BCUT2D eigenvalue weighted by Crippen LogP contribution is 2.31. The molecule has 1 aliphatic rings. The molecule has 0 aromatic heterocycles. The molecule has 0 bridgehead atoms. The van der Waals surface area contributed by atoms with E-state index in [0.29, 0.717) is 17.0 Å². The van der Waals surface area contributed by atoms with Gasteiger partial charge in [-0.3, -0.25) is 9.59 Å². The molecule has 0 spiro atoms. The first-order chi connectivity index (χ1) is 7.99. The van der Waals surface area contributed by atoms with Crippen LogP contribution in [-0.4, -0.2) is 23.1 Å². The number of benzene rings is 1. The summed E-state index contributed by atoms with van der Waals surface area (Å²) in [6.45, 7) is 1.63. The Kier molecular flexibility index (Phi) is 2.72. The Balaban J connectivity index is 2.35. The van der Waals surface area contributed by atoms with E-state index in [1.165, 1.54) is 6.07 Å². The molecule has 90 valence electrons. The number of rotatable bonds is 2. The maximum Gasteiger partial charge on any atom is 0.325 e. The third kappa shape index (κ3) is 2.07. The third-order valence-corrected chi connectivity index (χ3v) is 2.56. The topological polar surface area (TPSA) is 102 Å². The largest absolute Gasteiger partial charge is 0.480 e. The number of hydrogen-bond donors (Lipinski definition) is 3. The summed E-state index contributed by atoms with van der Waals surface area (Å²) in [4.78, 5) is 22.1. The van der Waals surface area contributed by atoms with E-state index >= 15 is 0 Å². The van der Waals surface area contributed by atoms with Crippen LogP contribution in [0.1, 0.15) is 18.5 Å². The van der Waals surface area contributed by atoms with E-state index in [2.05, 4.69) is 5.32 Å². The number of nitrogens with one attached hydrogen (secondary N) is 1. The van der Waals surface area contributed by atoms with Gasteiger partial charge in [-0.2, -0.15) is 0 Å². The van der Waals surface area contributed by atoms with Gasteiger partial charge < -0.3 is 20.9 Å². The fourth-order valence-electron chi connectivity index (χ4n) is 1.56. The van der Waals surface area contributed by atoms with Crippen LogP contribution in [0, 0.1) is 0 Å². The van der Waals surface area contributed by atoms with Gasteiger partial charge in [-0.15, -0.1) is 0 Å². The highest BCUT2D eigenvalue weighted by atomic mass is 16.5. The Morgan fingerprint density at radius 2 is 2.29 bits per heavy atom. The molecule has 0 radical (unpaired) electrons. The molecule has 1 amide bonds. The first-order valence-corrected chi connectivity index (χ1v) is 5.09. The van der Waals surface area contributed by atoms with E-state index in [1.54, 1.807) is 19.1 Å². The molecule has 1 heterocycles. The molecule has 2 rings (SSSR count). The smallest absolute Gasteiger partial charge is 0.325 e. The minimum absolute atomic E-state index is 0.265. The molecule has 2 unspecified atom stereocenters. The van der Waals surface area contributed by atoms with Gasteiger partial charge in [0.15, 0.2) is 6.10 Å². The zero-order valence-electron chi connectivity index (χ0n) is 9.14. The second-order valence-corrected chi connectivity index (χ2v) is 3.82. The van der Waals surface area contributed by atoms with Gasteiger partial charge in [0, 0.05) is 0 Å². The lowest BCUT2D eigenvalue weighted by Gasteiger charge is -2.24. The molecule has 6 nitrogen and oxygen atoms in total. The molecule has 0 fully saturated rings. The van der Waals surface area contributed by atoms with Gasteiger partial charge in [-0.1, -0.05) is 6.07 Å². The van der Waals surface area contributed by atoms with Crippen LogP contribution in [0.4, 0.5) is 5.69 Å². The summed E-state index contributed by atoms with van der Waals surface area (Å²) in [5.74, 6) is -0.877. The lowest BCUT2D eigenvalue weighted by Crippen LogP contribution is -2.34. The van der Waals surface area contributed by atoms with Crippen molar-refractivity contribution >= 4 is 17.6 Å². The van der Waals surface area contributed by atoms with Gasteiger partial charge in [0.1, 0.15) is 11.8 Å². The normalized spacial score (nSPS) is 19.9. The van der Waals surface area contributed by atoms with Crippen LogP contribution < -0.4 is 15.8 Å². The number of carboxylic acids is 1. The van der Waals surface area contributed by atoms with Crippen LogP contribution >= 0.6 is 0 Å². The molecule has 2 atom stereocenters. The third-order valence-electron chi connectivity index (χ3n) is 2.56. The molecule has 0 aliphatic carbocycles. The lowest BCUT2D eigenvalue weighted by atomic mass is 10.1. The van der Waals surface area contributed by atoms with Gasteiger partial charge in [-0.05, 0) is 24.6 Å². The minimum atomic E-state index is -1.12. The van der Waals surface area contributed by atoms with E-state index in [9.17, 15) is 9.59 Å². The molecular formula is C11H12N2O4. The predicted molar refractivity (Wildman–Crippen MR) is 59.7 cm³/mol. The number of hydrogen-bond acceptors (Lipinski definition) is 4. The van der Waals surface area contributed by atoms with Crippen molar-refractivity contribution in [3.05, 3.63) is 23.8 Å². The van der Waals surface area contributed by atoms with Crippen molar-refractivity contribution in [2.45, 2.75) is 19.1 Å². The highest BCUT2D eigenvalue weighted by molar-refractivity contribution is 5.97. The Morgan fingerprint density at radius 3 is 2.94 bits per heavy atom. The average Bonchev–Trinajstić information content (AvgIpc) is 2.29. The average molecular weight is 236 g/mol. The van der Waals surface area contributed by atoms with Crippen LogP contribution in [0.25, 0.3) is 0 Å². The van der Waals surface area contributed by atoms with Crippen molar-refractivity contribution in [1.29, 1.82) is 0 Å². The number of amides is 1. The van der Waals surface area contributed by atoms with Crippen molar-refractivity contribution < 1.29 is 19.4 Å².